The number of benzene rings is 2. The molecule has 1 fully saturated rings. The van der Waals surface area contributed by atoms with Gasteiger partial charge < -0.3 is 24.6 Å². The van der Waals surface area contributed by atoms with Crippen LogP contribution in [0.2, 0.25) is 0 Å². The van der Waals surface area contributed by atoms with Crippen LogP contribution in [0.3, 0.4) is 0 Å². The van der Waals surface area contributed by atoms with E-state index in [2.05, 4.69) is 21.2 Å². The van der Waals surface area contributed by atoms with Crippen LogP contribution < -0.4 is 10.1 Å². The molecule has 7 nitrogen and oxygen atoms in total. The van der Waals surface area contributed by atoms with Crippen molar-refractivity contribution in [2.45, 2.75) is 38.8 Å². The molecule has 1 atom stereocenters. The molecule has 1 aliphatic rings. The van der Waals surface area contributed by atoms with Crippen LogP contribution in [-0.4, -0.2) is 45.8 Å². The maximum Gasteiger partial charge on any atom is 0.323 e. The number of aromatic nitrogens is 1. The van der Waals surface area contributed by atoms with Gasteiger partial charge in [-0.25, -0.2) is 4.79 Å². The van der Waals surface area contributed by atoms with Gasteiger partial charge in [-0.2, -0.15) is 0 Å². The summed E-state index contributed by atoms with van der Waals surface area (Å²) in [7, 11) is 0. The first kappa shape index (κ1) is 22.2. The molecule has 3 aromatic rings. The Hall–Kier alpha value is -3.00. The second-order valence-electron chi connectivity index (χ2n) is 8.32. The van der Waals surface area contributed by atoms with Crippen molar-refractivity contribution in [2.24, 2.45) is 0 Å². The number of urea groups is 1. The number of aliphatic carboxylic acids is 1. The van der Waals surface area contributed by atoms with Crippen molar-refractivity contribution >= 4 is 44.5 Å². The first-order valence-electron chi connectivity index (χ1n) is 10.6. The molecule has 1 saturated heterocycles. The van der Waals surface area contributed by atoms with E-state index in [0.29, 0.717) is 13.1 Å². The van der Waals surface area contributed by atoms with Gasteiger partial charge >= 0.3 is 12.0 Å². The zero-order valence-electron chi connectivity index (χ0n) is 18.0. The summed E-state index contributed by atoms with van der Waals surface area (Å²) < 4.78 is 8.31. The Morgan fingerprint density at radius 2 is 1.97 bits per heavy atom. The zero-order valence-corrected chi connectivity index (χ0v) is 19.6. The van der Waals surface area contributed by atoms with Gasteiger partial charge in [-0.05, 0) is 62.2 Å². The lowest BCUT2D eigenvalue weighted by molar-refractivity contribution is -0.137. The molecule has 8 heteroatoms. The number of hydrogen-bond acceptors (Lipinski definition) is 3. The lowest BCUT2D eigenvalue weighted by Crippen LogP contribution is -2.32. The average molecular weight is 500 g/mol. The average Bonchev–Trinajstić information content (AvgIpc) is 3.34. The third kappa shape index (κ3) is 4.91. The quantitative estimate of drug-likeness (QED) is 0.482. The van der Waals surface area contributed by atoms with Crippen LogP contribution in [0.25, 0.3) is 10.9 Å². The highest BCUT2D eigenvalue weighted by molar-refractivity contribution is 9.10. The van der Waals surface area contributed by atoms with Crippen LogP contribution in [0.4, 0.5) is 10.5 Å². The number of nitrogens with zero attached hydrogens (tertiary/aromatic N) is 2. The summed E-state index contributed by atoms with van der Waals surface area (Å²) >= 11 is 3.47. The highest BCUT2D eigenvalue weighted by Crippen LogP contribution is 2.35. The molecular formula is C24H26BrN3O4. The standard InChI is InChI=1S/C24H26BrN3O4/c1-15(2)32-19-6-4-18(5-7-19)26-24(31)27-10-9-16(12-27)21-13-28(14-23(29)30)22-11-17(25)3-8-20(21)22/h3-8,11,13,15-16H,9-10,12,14H2,1-2H3,(H,26,31)(H,29,30). The summed E-state index contributed by atoms with van der Waals surface area (Å²) in [4.78, 5) is 25.9. The Morgan fingerprint density at radius 3 is 2.66 bits per heavy atom. The predicted octanol–water partition coefficient (Wildman–Crippen LogP) is 5.30. The van der Waals surface area contributed by atoms with E-state index in [0.717, 1.165) is 38.8 Å². The van der Waals surface area contributed by atoms with Crippen LogP contribution in [0.5, 0.6) is 5.75 Å². The number of carboxylic acids is 1. The van der Waals surface area contributed by atoms with Crippen molar-refractivity contribution in [3.63, 3.8) is 0 Å². The smallest absolute Gasteiger partial charge is 0.323 e. The van der Waals surface area contributed by atoms with E-state index in [1.807, 2.05) is 67.4 Å². The van der Waals surface area contributed by atoms with E-state index in [9.17, 15) is 14.7 Å². The SMILES string of the molecule is CC(C)Oc1ccc(NC(=O)N2CCC(c3cn(CC(=O)O)c4cc(Br)ccc34)C2)cc1. The van der Waals surface area contributed by atoms with E-state index < -0.39 is 5.97 Å². The molecule has 0 saturated carbocycles. The molecule has 0 aliphatic carbocycles. The number of carboxylic acid groups (broad SMARTS) is 1. The molecule has 32 heavy (non-hydrogen) atoms. The lowest BCUT2D eigenvalue weighted by Gasteiger charge is -2.18. The molecule has 0 bridgehead atoms. The zero-order chi connectivity index (χ0) is 22.8. The minimum absolute atomic E-state index is 0.0968. The number of anilines is 1. The van der Waals surface area contributed by atoms with Crippen molar-refractivity contribution in [3.8, 4) is 5.75 Å². The van der Waals surface area contributed by atoms with Crippen molar-refractivity contribution in [2.75, 3.05) is 18.4 Å². The van der Waals surface area contributed by atoms with Gasteiger partial charge in [0.1, 0.15) is 12.3 Å². The molecule has 168 valence electrons. The fourth-order valence-corrected chi connectivity index (χ4v) is 4.53. The fraction of sp³-hybridized carbons (Fsp3) is 0.333. The maximum atomic E-state index is 12.8. The highest BCUT2D eigenvalue weighted by Gasteiger charge is 2.29. The van der Waals surface area contributed by atoms with Gasteiger partial charge in [0.2, 0.25) is 0 Å². The first-order chi connectivity index (χ1) is 15.3. The van der Waals surface area contributed by atoms with Gasteiger partial charge in [0, 0.05) is 46.3 Å². The van der Waals surface area contributed by atoms with Crippen LogP contribution >= 0.6 is 15.9 Å². The summed E-state index contributed by atoms with van der Waals surface area (Å²) in [6.45, 7) is 5.07. The third-order valence-electron chi connectivity index (χ3n) is 5.57. The van der Waals surface area contributed by atoms with Crippen LogP contribution in [0, 0.1) is 0 Å². The predicted molar refractivity (Wildman–Crippen MR) is 127 cm³/mol. The molecule has 0 spiro atoms. The number of hydrogen-bond donors (Lipinski definition) is 2. The first-order valence-corrected chi connectivity index (χ1v) is 11.4. The molecule has 0 radical (unpaired) electrons. The molecule has 4 rings (SSSR count). The minimum atomic E-state index is -0.884. The van der Waals surface area contributed by atoms with Gasteiger partial charge in [-0.3, -0.25) is 4.79 Å². The molecule has 2 aromatic carbocycles. The van der Waals surface area contributed by atoms with Crippen LogP contribution in [-0.2, 0) is 11.3 Å². The Kier molecular flexibility index (Phi) is 6.41. The summed E-state index contributed by atoms with van der Waals surface area (Å²) in [5.41, 5.74) is 2.68. The van der Waals surface area contributed by atoms with Gasteiger partial charge in [0.25, 0.3) is 0 Å². The van der Waals surface area contributed by atoms with Crippen molar-refractivity contribution in [3.05, 3.63) is 58.7 Å². The van der Waals surface area contributed by atoms with E-state index in [4.69, 9.17) is 4.74 Å². The van der Waals surface area contributed by atoms with Gasteiger partial charge in [-0.15, -0.1) is 0 Å². The number of halogens is 1. The van der Waals surface area contributed by atoms with Gasteiger partial charge in [0.15, 0.2) is 0 Å². The summed E-state index contributed by atoms with van der Waals surface area (Å²) in [6.07, 6.45) is 2.85. The Morgan fingerprint density at radius 1 is 1.22 bits per heavy atom. The van der Waals surface area contributed by atoms with Crippen LogP contribution in [0.15, 0.2) is 53.1 Å². The van der Waals surface area contributed by atoms with Crippen LogP contribution in [0.1, 0.15) is 31.7 Å². The number of rotatable bonds is 6. The lowest BCUT2D eigenvalue weighted by atomic mass is 9.98. The topological polar surface area (TPSA) is 83.8 Å². The van der Waals surface area contributed by atoms with E-state index >= 15 is 0 Å². The minimum Gasteiger partial charge on any atom is -0.491 e. The normalized spacial score (nSPS) is 16.0. The third-order valence-corrected chi connectivity index (χ3v) is 6.07. The molecule has 1 aliphatic heterocycles. The molecule has 2 amide bonds. The van der Waals surface area contributed by atoms with E-state index in [1.165, 1.54) is 0 Å². The number of carbonyl (C=O) groups excluding carboxylic acids is 1. The summed E-state index contributed by atoms with van der Waals surface area (Å²) in [5, 5.41) is 13.3. The largest absolute Gasteiger partial charge is 0.491 e. The monoisotopic (exact) mass is 499 g/mol. The number of carbonyl (C=O) groups is 2. The number of nitrogens with one attached hydrogen (secondary N) is 1. The number of fused-ring (bicyclic) bond motifs is 1. The second-order valence-corrected chi connectivity index (χ2v) is 9.24. The molecular weight excluding hydrogens is 474 g/mol. The van der Waals surface area contributed by atoms with Crippen molar-refractivity contribution in [1.29, 1.82) is 0 Å². The molecule has 2 N–H and O–H groups in total. The number of amides is 2. The second kappa shape index (κ2) is 9.24. The Labute approximate surface area is 195 Å². The fourth-order valence-electron chi connectivity index (χ4n) is 4.19. The van der Waals surface area contributed by atoms with E-state index in [1.54, 1.807) is 4.57 Å². The molecule has 2 heterocycles. The van der Waals surface area contributed by atoms with Gasteiger partial charge in [-0.1, -0.05) is 22.0 Å². The Bertz CT molecular complexity index is 1140. The molecule has 1 unspecified atom stereocenters. The summed E-state index contributed by atoms with van der Waals surface area (Å²) in [6, 6.07) is 13.1. The number of likely N-dealkylation sites (tertiary alicyclic amines) is 1. The van der Waals surface area contributed by atoms with Gasteiger partial charge in [0.05, 0.1) is 6.10 Å². The Balaban J connectivity index is 1.47. The van der Waals surface area contributed by atoms with Crippen molar-refractivity contribution in [1.82, 2.24) is 9.47 Å². The highest BCUT2D eigenvalue weighted by atomic mass is 79.9. The van der Waals surface area contributed by atoms with Crippen molar-refractivity contribution < 1.29 is 19.4 Å². The molecule has 1 aromatic heterocycles. The summed E-state index contributed by atoms with van der Waals surface area (Å²) in [5.74, 6) is 0.0376. The maximum absolute atomic E-state index is 12.8. The van der Waals surface area contributed by atoms with E-state index in [-0.39, 0.29) is 24.6 Å². The number of ether oxygens (including phenoxy) is 1.